The van der Waals surface area contributed by atoms with Crippen molar-refractivity contribution in [3.8, 4) is 0 Å². The molecular formula is C13H19NO. The van der Waals surface area contributed by atoms with Gasteiger partial charge in [-0.15, -0.1) is 0 Å². The van der Waals surface area contributed by atoms with Crippen molar-refractivity contribution < 1.29 is 5.11 Å². The van der Waals surface area contributed by atoms with Gasteiger partial charge in [-0.1, -0.05) is 43.8 Å². The summed E-state index contributed by atoms with van der Waals surface area (Å²) in [4.78, 5) is 2.21. The minimum atomic E-state index is 0.221. The molecule has 82 valence electrons. The largest absolute Gasteiger partial charge is 0.395 e. The second kappa shape index (κ2) is 6.38. The summed E-state index contributed by atoms with van der Waals surface area (Å²) < 4.78 is 0. The summed E-state index contributed by atoms with van der Waals surface area (Å²) in [5.74, 6) is 0. The number of hydrogen-bond acceptors (Lipinski definition) is 2. The van der Waals surface area contributed by atoms with E-state index < -0.39 is 0 Å². The lowest BCUT2D eigenvalue weighted by Crippen LogP contribution is -2.25. The Morgan fingerprint density at radius 1 is 1.33 bits per heavy atom. The van der Waals surface area contributed by atoms with Gasteiger partial charge in [0.15, 0.2) is 0 Å². The summed E-state index contributed by atoms with van der Waals surface area (Å²) in [5, 5.41) is 8.87. The maximum Gasteiger partial charge on any atom is 0.0558 e. The van der Waals surface area contributed by atoms with E-state index in [1.807, 2.05) is 6.08 Å². The molecule has 0 saturated carbocycles. The fourth-order valence-corrected chi connectivity index (χ4v) is 1.51. The fraction of sp³-hybridized carbons (Fsp3) is 0.385. The lowest BCUT2D eigenvalue weighted by atomic mass is 10.1. The molecule has 0 radical (unpaired) electrons. The van der Waals surface area contributed by atoms with Gasteiger partial charge in [0.1, 0.15) is 0 Å². The van der Waals surface area contributed by atoms with E-state index in [1.54, 1.807) is 0 Å². The van der Waals surface area contributed by atoms with Gasteiger partial charge < -0.3 is 5.11 Å². The monoisotopic (exact) mass is 205 g/mol. The first-order chi connectivity index (χ1) is 7.30. The Bertz CT molecular complexity index is 292. The highest BCUT2D eigenvalue weighted by molar-refractivity contribution is 5.47. The van der Waals surface area contributed by atoms with Gasteiger partial charge in [0.2, 0.25) is 0 Å². The number of rotatable bonds is 6. The molecule has 15 heavy (non-hydrogen) atoms. The highest BCUT2D eigenvalue weighted by Gasteiger charge is 2.02. The summed E-state index contributed by atoms with van der Waals surface area (Å²) in [6.45, 7) is 8.64. The average molecular weight is 205 g/mol. The molecule has 1 N–H and O–H groups in total. The van der Waals surface area contributed by atoms with E-state index in [0.717, 1.165) is 25.2 Å². The molecule has 0 fully saturated rings. The van der Waals surface area contributed by atoms with Crippen molar-refractivity contribution in [2.75, 3.05) is 19.7 Å². The highest BCUT2D eigenvalue weighted by atomic mass is 16.3. The first-order valence-corrected chi connectivity index (χ1v) is 5.34. The number of aliphatic hydroxyl groups excluding tert-OH is 1. The maximum atomic E-state index is 8.87. The molecule has 2 nitrogen and oxygen atoms in total. The Kier molecular flexibility index (Phi) is 5.08. The molecule has 1 aromatic carbocycles. The molecule has 1 rings (SSSR count). The van der Waals surface area contributed by atoms with Gasteiger partial charge in [0.05, 0.1) is 6.61 Å². The molecule has 0 aliphatic heterocycles. The number of hydrogen-bond donors (Lipinski definition) is 1. The van der Waals surface area contributed by atoms with Crippen LogP contribution < -0.4 is 0 Å². The highest BCUT2D eigenvalue weighted by Crippen LogP contribution is 2.08. The van der Waals surface area contributed by atoms with Gasteiger partial charge in [0, 0.05) is 13.1 Å². The molecule has 0 heterocycles. The minimum Gasteiger partial charge on any atom is -0.395 e. The molecule has 0 saturated heterocycles. The third kappa shape index (κ3) is 3.86. The van der Waals surface area contributed by atoms with Crippen LogP contribution in [0.25, 0.3) is 6.08 Å². The van der Waals surface area contributed by atoms with Gasteiger partial charge in [-0.2, -0.15) is 0 Å². The summed E-state index contributed by atoms with van der Waals surface area (Å²) in [5.41, 5.74) is 2.42. The van der Waals surface area contributed by atoms with E-state index in [4.69, 9.17) is 5.11 Å². The average Bonchev–Trinajstić information content (AvgIpc) is 2.29. The van der Waals surface area contributed by atoms with Crippen LogP contribution in [0.4, 0.5) is 0 Å². The second-order valence-electron chi connectivity index (χ2n) is 3.54. The lowest BCUT2D eigenvalue weighted by molar-refractivity contribution is 0.197. The molecule has 0 atom stereocenters. The van der Waals surface area contributed by atoms with Crippen LogP contribution in [0.2, 0.25) is 0 Å². The summed E-state index contributed by atoms with van der Waals surface area (Å²) in [6, 6.07) is 8.35. The standard InChI is InChI=1S/C13H19NO/c1-3-12-5-7-13(8-6-12)11-14(4-2)9-10-15/h3,5-8,15H,1,4,9-11H2,2H3. The predicted octanol–water partition coefficient (Wildman–Crippen LogP) is 2.14. The van der Waals surface area contributed by atoms with Gasteiger partial charge >= 0.3 is 0 Å². The molecule has 0 aromatic heterocycles. The van der Waals surface area contributed by atoms with Crippen molar-refractivity contribution in [2.24, 2.45) is 0 Å². The smallest absolute Gasteiger partial charge is 0.0558 e. The topological polar surface area (TPSA) is 23.5 Å². The summed E-state index contributed by atoms with van der Waals surface area (Å²) in [7, 11) is 0. The Morgan fingerprint density at radius 2 is 2.00 bits per heavy atom. The van der Waals surface area contributed by atoms with Gasteiger partial charge in [-0.25, -0.2) is 0 Å². The molecule has 0 unspecified atom stereocenters. The fourth-order valence-electron chi connectivity index (χ4n) is 1.51. The summed E-state index contributed by atoms with van der Waals surface area (Å²) >= 11 is 0. The molecular weight excluding hydrogens is 186 g/mol. The molecule has 0 spiro atoms. The van der Waals surface area contributed by atoms with Gasteiger partial charge in [-0.3, -0.25) is 4.90 Å². The first kappa shape index (κ1) is 12.0. The Balaban J connectivity index is 2.58. The molecule has 0 aliphatic carbocycles. The number of aliphatic hydroxyl groups is 1. The van der Waals surface area contributed by atoms with E-state index in [9.17, 15) is 0 Å². The van der Waals surface area contributed by atoms with Gasteiger partial charge in [0.25, 0.3) is 0 Å². The molecule has 1 aromatic rings. The van der Waals surface area contributed by atoms with E-state index in [-0.39, 0.29) is 6.61 Å². The summed E-state index contributed by atoms with van der Waals surface area (Å²) in [6.07, 6.45) is 1.84. The van der Waals surface area contributed by atoms with Crippen LogP contribution in [0, 0.1) is 0 Å². The molecule has 2 heteroatoms. The Morgan fingerprint density at radius 3 is 2.47 bits per heavy atom. The van der Waals surface area contributed by atoms with Crippen molar-refractivity contribution in [1.82, 2.24) is 4.90 Å². The number of likely N-dealkylation sites (N-methyl/N-ethyl adjacent to an activating group) is 1. The lowest BCUT2D eigenvalue weighted by Gasteiger charge is -2.19. The van der Waals surface area contributed by atoms with Crippen LogP contribution in [0.15, 0.2) is 30.8 Å². The molecule has 0 aliphatic rings. The SMILES string of the molecule is C=Cc1ccc(CN(CC)CCO)cc1. The number of benzene rings is 1. The van der Waals surface area contributed by atoms with E-state index in [0.29, 0.717) is 0 Å². The van der Waals surface area contributed by atoms with E-state index in [2.05, 4.69) is 42.7 Å². The number of nitrogens with zero attached hydrogens (tertiary/aromatic N) is 1. The second-order valence-corrected chi connectivity index (χ2v) is 3.54. The third-order valence-electron chi connectivity index (χ3n) is 2.49. The van der Waals surface area contributed by atoms with Crippen LogP contribution in [0.1, 0.15) is 18.1 Å². The van der Waals surface area contributed by atoms with E-state index >= 15 is 0 Å². The van der Waals surface area contributed by atoms with Gasteiger partial charge in [-0.05, 0) is 17.7 Å². The zero-order valence-electron chi connectivity index (χ0n) is 9.32. The zero-order chi connectivity index (χ0) is 11.1. The van der Waals surface area contributed by atoms with Crippen LogP contribution in [0.3, 0.4) is 0 Å². The van der Waals surface area contributed by atoms with Crippen molar-refractivity contribution in [1.29, 1.82) is 0 Å². The van der Waals surface area contributed by atoms with Crippen molar-refractivity contribution in [3.05, 3.63) is 42.0 Å². The Labute approximate surface area is 91.9 Å². The Hall–Kier alpha value is -1.12. The minimum absolute atomic E-state index is 0.221. The van der Waals surface area contributed by atoms with E-state index in [1.165, 1.54) is 5.56 Å². The third-order valence-corrected chi connectivity index (χ3v) is 2.49. The van der Waals surface area contributed by atoms with Crippen molar-refractivity contribution in [2.45, 2.75) is 13.5 Å². The predicted molar refractivity (Wildman–Crippen MR) is 64.6 cm³/mol. The van der Waals surface area contributed by atoms with Crippen LogP contribution >= 0.6 is 0 Å². The quantitative estimate of drug-likeness (QED) is 0.769. The molecule has 0 bridgehead atoms. The van der Waals surface area contributed by atoms with Crippen LogP contribution in [-0.4, -0.2) is 29.7 Å². The zero-order valence-corrected chi connectivity index (χ0v) is 9.32. The maximum absolute atomic E-state index is 8.87. The van der Waals surface area contributed by atoms with Crippen molar-refractivity contribution in [3.63, 3.8) is 0 Å². The first-order valence-electron chi connectivity index (χ1n) is 5.34. The normalized spacial score (nSPS) is 10.6. The van der Waals surface area contributed by atoms with Crippen LogP contribution in [0.5, 0.6) is 0 Å². The van der Waals surface area contributed by atoms with Crippen molar-refractivity contribution >= 4 is 6.08 Å². The molecule has 0 amide bonds. The van der Waals surface area contributed by atoms with Crippen LogP contribution in [-0.2, 0) is 6.54 Å².